The third-order valence-corrected chi connectivity index (χ3v) is 6.05. The second kappa shape index (κ2) is 10.8. The predicted octanol–water partition coefficient (Wildman–Crippen LogP) is 5.39. The molecule has 176 valence electrons. The monoisotopic (exact) mass is 478 g/mol. The number of aromatic nitrogens is 4. The van der Waals surface area contributed by atoms with E-state index in [9.17, 15) is 4.39 Å². The highest BCUT2D eigenvalue weighted by atomic mass is 32.2. The van der Waals surface area contributed by atoms with Gasteiger partial charge in [-0.05, 0) is 36.8 Å². The summed E-state index contributed by atoms with van der Waals surface area (Å²) in [6, 6.07) is 15.6. The quantitative estimate of drug-likeness (QED) is 0.309. The van der Waals surface area contributed by atoms with Gasteiger partial charge < -0.3 is 15.5 Å². The number of benzene rings is 2. The van der Waals surface area contributed by atoms with Crippen LogP contribution in [-0.4, -0.2) is 38.1 Å². The summed E-state index contributed by atoms with van der Waals surface area (Å²) in [5, 5.41) is 11.9. The Balaban J connectivity index is 1.53. The molecule has 0 bridgehead atoms. The first-order valence-electron chi connectivity index (χ1n) is 11.0. The lowest BCUT2D eigenvalue weighted by atomic mass is 10.1. The Labute approximate surface area is 202 Å². The number of alkyl halides is 1. The molecule has 0 saturated carbocycles. The van der Waals surface area contributed by atoms with E-state index in [-0.39, 0.29) is 17.8 Å². The number of anilines is 1. The molecule has 0 fully saturated rings. The van der Waals surface area contributed by atoms with Gasteiger partial charge in [0.15, 0.2) is 11.5 Å². The van der Waals surface area contributed by atoms with Crippen molar-refractivity contribution in [3.8, 4) is 34.3 Å². The van der Waals surface area contributed by atoms with E-state index in [2.05, 4.69) is 51.5 Å². The zero-order valence-electron chi connectivity index (χ0n) is 19.3. The molecular weight excluding hydrogens is 451 g/mol. The van der Waals surface area contributed by atoms with E-state index in [1.807, 2.05) is 36.4 Å². The normalized spacial score (nSPS) is 12.3. The molecule has 0 aliphatic heterocycles. The van der Waals surface area contributed by atoms with Crippen LogP contribution in [-0.2, 0) is 6.54 Å². The summed E-state index contributed by atoms with van der Waals surface area (Å²) in [5.74, 6) is 0.777. The Hall–Kier alpha value is -3.30. The number of thioether (sulfide) groups is 1. The molecule has 0 spiro atoms. The number of rotatable bonds is 9. The van der Waals surface area contributed by atoms with E-state index in [4.69, 9.17) is 10.2 Å². The Bertz CT molecular complexity index is 1230. The van der Waals surface area contributed by atoms with Gasteiger partial charge >= 0.3 is 0 Å². The van der Waals surface area contributed by atoms with Crippen LogP contribution in [0.5, 0.6) is 0 Å². The first-order chi connectivity index (χ1) is 16.4. The number of nitrogens with one attached hydrogen (secondary N) is 1. The summed E-state index contributed by atoms with van der Waals surface area (Å²) >= 11 is 1.80. The fourth-order valence-corrected chi connectivity index (χ4v) is 4.06. The van der Waals surface area contributed by atoms with Crippen LogP contribution in [0.25, 0.3) is 34.3 Å². The molecule has 0 aliphatic carbocycles. The van der Waals surface area contributed by atoms with Crippen LogP contribution >= 0.6 is 11.8 Å². The molecule has 0 saturated heterocycles. The third kappa shape index (κ3) is 5.78. The van der Waals surface area contributed by atoms with Crippen molar-refractivity contribution in [3.05, 3.63) is 60.3 Å². The fourth-order valence-electron chi connectivity index (χ4n) is 3.22. The Kier molecular flexibility index (Phi) is 7.54. The topological polar surface area (TPSA) is 103 Å². The van der Waals surface area contributed by atoms with Crippen LogP contribution in [0.1, 0.15) is 26.3 Å². The molecule has 4 rings (SSSR count). The van der Waals surface area contributed by atoms with Crippen LogP contribution in [0.15, 0.2) is 64.0 Å². The average Bonchev–Trinajstić information content (AvgIpc) is 3.33. The van der Waals surface area contributed by atoms with Gasteiger partial charge in [0.25, 0.3) is 5.89 Å². The van der Waals surface area contributed by atoms with Crippen LogP contribution in [0.3, 0.4) is 0 Å². The van der Waals surface area contributed by atoms with Crippen molar-refractivity contribution in [1.82, 2.24) is 25.5 Å². The molecule has 1 atom stereocenters. The standard InChI is InChI=1S/C25H27FN6OS/c1-15(2)34-20-10-8-18(9-11-20)21-14-29-23(27)22(30-21)25-32-31-24(33-25)19-6-4-17(5-7-19)13-28-16(3)12-26/h4-11,14-16,28H,12-13H2,1-3H3,(H2,27,29). The number of hydrogen-bond donors (Lipinski definition) is 2. The van der Waals surface area contributed by atoms with Gasteiger partial charge in [-0.3, -0.25) is 0 Å². The molecule has 2 heterocycles. The van der Waals surface area contributed by atoms with Gasteiger partial charge in [0, 0.05) is 33.9 Å². The maximum Gasteiger partial charge on any atom is 0.270 e. The predicted molar refractivity (Wildman–Crippen MR) is 134 cm³/mol. The number of hydrogen-bond acceptors (Lipinski definition) is 8. The first kappa shape index (κ1) is 23.8. The largest absolute Gasteiger partial charge is 0.414 e. The SMILES string of the molecule is CC(CF)NCc1ccc(-c2nnc(-c3nc(-c4ccc(SC(C)C)cc4)cnc3N)o2)cc1. The summed E-state index contributed by atoms with van der Waals surface area (Å²) in [4.78, 5) is 10.1. The van der Waals surface area contributed by atoms with Crippen LogP contribution < -0.4 is 11.1 Å². The summed E-state index contributed by atoms with van der Waals surface area (Å²) < 4.78 is 18.5. The van der Waals surface area contributed by atoms with Crippen LogP contribution in [0, 0.1) is 0 Å². The lowest BCUT2D eigenvalue weighted by Crippen LogP contribution is -2.27. The molecule has 34 heavy (non-hydrogen) atoms. The van der Waals surface area contributed by atoms with Gasteiger partial charge in [0.1, 0.15) is 6.67 Å². The highest BCUT2D eigenvalue weighted by Crippen LogP contribution is 2.29. The van der Waals surface area contributed by atoms with E-state index >= 15 is 0 Å². The first-order valence-corrected chi connectivity index (χ1v) is 11.9. The van der Waals surface area contributed by atoms with E-state index in [1.165, 1.54) is 4.90 Å². The molecular formula is C25H27FN6OS. The van der Waals surface area contributed by atoms with Crippen LogP contribution in [0.4, 0.5) is 10.2 Å². The molecule has 7 nitrogen and oxygen atoms in total. The summed E-state index contributed by atoms with van der Waals surface area (Å²) in [6.45, 7) is 6.31. The number of nitrogens with zero attached hydrogens (tertiary/aromatic N) is 4. The third-order valence-electron chi connectivity index (χ3n) is 5.04. The lowest BCUT2D eigenvalue weighted by Gasteiger charge is -2.09. The molecule has 2 aromatic heterocycles. The van der Waals surface area contributed by atoms with E-state index in [0.717, 1.165) is 16.7 Å². The number of nitrogen functional groups attached to an aromatic ring is 1. The summed E-state index contributed by atoms with van der Waals surface area (Å²) in [5.41, 5.74) is 9.81. The van der Waals surface area contributed by atoms with Crippen molar-refractivity contribution in [2.45, 2.75) is 43.5 Å². The minimum Gasteiger partial charge on any atom is -0.414 e. The average molecular weight is 479 g/mol. The van der Waals surface area contributed by atoms with E-state index in [1.54, 1.807) is 24.9 Å². The molecule has 3 N–H and O–H groups in total. The second-order valence-corrected chi connectivity index (χ2v) is 9.88. The van der Waals surface area contributed by atoms with Gasteiger partial charge in [0.2, 0.25) is 5.89 Å². The van der Waals surface area contributed by atoms with Crippen molar-refractivity contribution in [2.24, 2.45) is 0 Å². The molecule has 4 aromatic rings. The molecule has 0 amide bonds. The van der Waals surface area contributed by atoms with Gasteiger partial charge in [-0.15, -0.1) is 22.0 Å². The fraction of sp³-hybridized carbons (Fsp3) is 0.280. The Morgan fingerprint density at radius 3 is 2.32 bits per heavy atom. The Morgan fingerprint density at radius 1 is 0.971 bits per heavy atom. The minimum atomic E-state index is -0.404. The smallest absolute Gasteiger partial charge is 0.270 e. The summed E-state index contributed by atoms with van der Waals surface area (Å²) in [6.07, 6.45) is 1.64. The maximum atomic E-state index is 12.6. The number of halogens is 1. The van der Waals surface area contributed by atoms with E-state index < -0.39 is 6.67 Å². The van der Waals surface area contributed by atoms with Crippen LogP contribution in [0.2, 0.25) is 0 Å². The maximum absolute atomic E-state index is 12.6. The number of nitrogens with two attached hydrogens (primary N) is 1. The summed E-state index contributed by atoms with van der Waals surface area (Å²) in [7, 11) is 0. The molecule has 2 aromatic carbocycles. The van der Waals surface area contributed by atoms with Crippen molar-refractivity contribution < 1.29 is 8.81 Å². The molecule has 0 radical (unpaired) electrons. The van der Waals surface area contributed by atoms with Crippen molar-refractivity contribution in [1.29, 1.82) is 0 Å². The molecule has 9 heteroatoms. The lowest BCUT2D eigenvalue weighted by molar-refractivity contribution is 0.391. The highest BCUT2D eigenvalue weighted by molar-refractivity contribution is 7.99. The Morgan fingerprint density at radius 2 is 1.65 bits per heavy atom. The van der Waals surface area contributed by atoms with E-state index in [0.29, 0.717) is 29.1 Å². The van der Waals surface area contributed by atoms with Gasteiger partial charge in [0.05, 0.1) is 11.9 Å². The zero-order chi connectivity index (χ0) is 24.1. The van der Waals surface area contributed by atoms with Crippen molar-refractivity contribution in [3.63, 3.8) is 0 Å². The highest BCUT2D eigenvalue weighted by Gasteiger charge is 2.17. The van der Waals surface area contributed by atoms with Gasteiger partial charge in [-0.2, -0.15) is 0 Å². The van der Waals surface area contributed by atoms with Gasteiger partial charge in [-0.25, -0.2) is 14.4 Å². The zero-order valence-corrected chi connectivity index (χ0v) is 20.1. The minimum absolute atomic E-state index is 0.183. The second-order valence-electron chi connectivity index (χ2n) is 8.23. The van der Waals surface area contributed by atoms with Gasteiger partial charge in [-0.1, -0.05) is 38.1 Å². The molecule has 1 unspecified atom stereocenters. The molecule has 0 aliphatic rings. The van der Waals surface area contributed by atoms with Crippen molar-refractivity contribution >= 4 is 17.6 Å². The van der Waals surface area contributed by atoms with Crippen molar-refractivity contribution in [2.75, 3.05) is 12.4 Å².